The molecule has 1 aromatic carbocycles. The summed E-state index contributed by atoms with van der Waals surface area (Å²) in [6, 6.07) is 3.59. The minimum absolute atomic E-state index is 0.0825. The van der Waals surface area contributed by atoms with Crippen LogP contribution in [0.1, 0.15) is 16.8 Å². The van der Waals surface area contributed by atoms with Gasteiger partial charge >= 0.3 is 5.97 Å². The lowest BCUT2D eigenvalue weighted by atomic mass is 10.1. The van der Waals surface area contributed by atoms with Crippen molar-refractivity contribution < 1.29 is 19.1 Å². The van der Waals surface area contributed by atoms with Gasteiger partial charge in [0.2, 0.25) is 0 Å². The quantitative estimate of drug-likeness (QED) is 0.687. The van der Waals surface area contributed by atoms with E-state index < -0.39 is 22.4 Å². The number of hydrogen-bond donors (Lipinski definition) is 1. The van der Waals surface area contributed by atoms with Crippen LogP contribution in [0.15, 0.2) is 18.2 Å². The molecule has 0 heterocycles. The van der Waals surface area contributed by atoms with Crippen LogP contribution in [-0.2, 0) is 4.79 Å². The highest BCUT2D eigenvalue weighted by molar-refractivity contribution is 9.10. The van der Waals surface area contributed by atoms with Gasteiger partial charge in [-0.15, -0.1) is 0 Å². The Morgan fingerprint density at radius 1 is 1.50 bits per heavy atom. The Bertz CT molecular complexity index is 436. The highest BCUT2D eigenvalue weighted by atomic mass is 79.9. The number of carboxylic acid groups (broad SMARTS) is 1. The smallest absolute Gasteiger partial charge is 0.304 e. The van der Waals surface area contributed by atoms with E-state index in [4.69, 9.17) is 16.7 Å². The molecule has 0 saturated carbocycles. The second kappa shape index (κ2) is 5.41. The van der Waals surface area contributed by atoms with Crippen molar-refractivity contribution >= 4 is 39.3 Å². The average molecular weight is 310 g/mol. The van der Waals surface area contributed by atoms with E-state index in [1.807, 2.05) is 0 Å². The fraction of sp³-hybridized carbons (Fsp3) is 0.200. The van der Waals surface area contributed by atoms with Gasteiger partial charge in [0, 0.05) is 5.56 Å². The zero-order chi connectivity index (χ0) is 12.3. The molecule has 0 aliphatic heterocycles. The zero-order valence-electron chi connectivity index (χ0n) is 7.91. The summed E-state index contributed by atoms with van der Waals surface area (Å²) in [5, 5.41) is 8.42. The van der Waals surface area contributed by atoms with Gasteiger partial charge in [0.1, 0.15) is 5.82 Å². The number of benzene rings is 1. The predicted molar refractivity (Wildman–Crippen MR) is 60.7 cm³/mol. The van der Waals surface area contributed by atoms with Crippen LogP contribution in [0.25, 0.3) is 0 Å². The maximum atomic E-state index is 13.0. The van der Waals surface area contributed by atoms with Crippen molar-refractivity contribution in [3.8, 4) is 0 Å². The first-order valence-corrected chi connectivity index (χ1v) is 5.56. The number of alkyl halides is 1. The Labute approximate surface area is 104 Å². The lowest BCUT2D eigenvalue weighted by molar-refractivity contribution is -0.136. The van der Waals surface area contributed by atoms with Gasteiger partial charge in [0.15, 0.2) is 5.78 Å². The van der Waals surface area contributed by atoms with Crippen LogP contribution in [0.4, 0.5) is 4.39 Å². The standard InChI is InChI=1S/C10H7BrClFO3/c11-6(4-9(14)15)10(16)5-1-2-7(12)8(13)3-5/h1-3,6H,4H2,(H,14,15). The van der Waals surface area contributed by atoms with Crippen LogP contribution in [-0.4, -0.2) is 21.7 Å². The minimum Gasteiger partial charge on any atom is -0.481 e. The molecule has 0 aliphatic rings. The van der Waals surface area contributed by atoms with Gasteiger partial charge in [-0.3, -0.25) is 9.59 Å². The molecule has 1 N–H and O–H groups in total. The monoisotopic (exact) mass is 308 g/mol. The second-order valence-corrected chi connectivity index (χ2v) is 4.57. The minimum atomic E-state index is -1.11. The number of halogens is 3. The molecule has 0 aliphatic carbocycles. The Balaban J connectivity index is 2.88. The van der Waals surface area contributed by atoms with E-state index in [2.05, 4.69) is 15.9 Å². The molecule has 0 fully saturated rings. The van der Waals surface area contributed by atoms with Crippen LogP contribution < -0.4 is 0 Å². The van der Waals surface area contributed by atoms with Gasteiger partial charge in [-0.1, -0.05) is 27.5 Å². The molecule has 0 bridgehead atoms. The molecule has 0 radical (unpaired) electrons. The van der Waals surface area contributed by atoms with E-state index in [-0.39, 0.29) is 17.0 Å². The summed E-state index contributed by atoms with van der Waals surface area (Å²) in [6.07, 6.45) is -0.358. The Hall–Kier alpha value is -0.940. The van der Waals surface area contributed by atoms with Crippen molar-refractivity contribution in [1.82, 2.24) is 0 Å². The Kier molecular flexibility index (Phi) is 4.44. The Morgan fingerprint density at radius 2 is 2.12 bits per heavy atom. The van der Waals surface area contributed by atoms with Gasteiger partial charge in [-0.05, 0) is 18.2 Å². The molecule has 1 aromatic rings. The van der Waals surface area contributed by atoms with Crippen molar-refractivity contribution in [2.45, 2.75) is 11.2 Å². The highest BCUT2D eigenvalue weighted by Crippen LogP contribution is 2.19. The molecule has 16 heavy (non-hydrogen) atoms. The lowest BCUT2D eigenvalue weighted by Crippen LogP contribution is -2.18. The van der Waals surface area contributed by atoms with Crippen LogP contribution in [0.5, 0.6) is 0 Å². The molecule has 1 rings (SSSR count). The first-order valence-electron chi connectivity index (χ1n) is 4.27. The molecule has 3 nitrogen and oxygen atoms in total. The van der Waals surface area contributed by atoms with E-state index in [1.54, 1.807) is 0 Å². The third-order valence-corrected chi connectivity index (χ3v) is 2.89. The number of ketones is 1. The molecule has 86 valence electrons. The number of aliphatic carboxylic acids is 1. The molecule has 0 spiro atoms. The molecule has 0 aromatic heterocycles. The lowest BCUT2D eigenvalue weighted by Gasteiger charge is -2.06. The van der Waals surface area contributed by atoms with Crippen LogP contribution in [0.3, 0.4) is 0 Å². The van der Waals surface area contributed by atoms with Crippen molar-refractivity contribution in [3.05, 3.63) is 34.6 Å². The highest BCUT2D eigenvalue weighted by Gasteiger charge is 2.20. The van der Waals surface area contributed by atoms with Crippen molar-refractivity contribution in [2.75, 3.05) is 0 Å². The van der Waals surface area contributed by atoms with Gasteiger partial charge in [-0.25, -0.2) is 4.39 Å². The number of carbonyl (C=O) groups is 2. The molecule has 0 amide bonds. The topological polar surface area (TPSA) is 54.4 Å². The van der Waals surface area contributed by atoms with Crippen molar-refractivity contribution in [1.29, 1.82) is 0 Å². The summed E-state index contributed by atoms with van der Waals surface area (Å²) in [6.45, 7) is 0. The van der Waals surface area contributed by atoms with E-state index in [0.717, 1.165) is 6.07 Å². The zero-order valence-corrected chi connectivity index (χ0v) is 10.3. The summed E-state index contributed by atoms with van der Waals surface area (Å²) in [7, 11) is 0. The van der Waals surface area contributed by atoms with E-state index in [9.17, 15) is 14.0 Å². The van der Waals surface area contributed by atoms with E-state index in [1.165, 1.54) is 12.1 Å². The number of carboxylic acids is 1. The number of hydrogen-bond acceptors (Lipinski definition) is 2. The molecule has 6 heteroatoms. The summed E-state index contributed by atoms with van der Waals surface area (Å²) < 4.78 is 13.0. The van der Waals surface area contributed by atoms with Gasteiger partial charge in [-0.2, -0.15) is 0 Å². The number of carbonyl (C=O) groups excluding carboxylic acids is 1. The van der Waals surface area contributed by atoms with E-state index >= 15 is 0 Å². The molecule has 0 saturated heterocycles. The van der Waals surface area contributed by atoms with Gasteiger partial charge < -0.3 is 5.11 Å². The van der Waals surface area contributed by atoms with Crippen LogP contribution >= 0.6 is 27.5 Å². The maximum Gasteiger partial charge on any atom is 0.304 e. The summed E-state index contributed by atoms with van der Waals surface area (Å²) in [5.41, 5.74) is 0.0880. The maximum absolute atomic E-state index is 13.0. The summed E-state index contributed by atoms with van der Waals surface area (Å²) in [5.74, 6) is -2.30. The fourth-order valence-corrected chi connectivity index (χ4v) is 1.74. The largest absolute Gasteiger partial charge is 0.481 e. The molecular formula is C10H7BrClFO3. The first kappa shape index (κ1) is 13.1. The Morgan fingerprint density at radius 3 is 2.62 bits per heavy atom. The average Bonchev–Trinajstić information content (AvgIpc) is 2.20. The third kappa shape index (κ3) is 3.28. The van der Waals surface area contributed by atoms with Crippen LogP contribution in [0.2, 0.25) is 5.02 Å². The normalized spacial score (nSPS) is 12.2. The number of rotatable bonds is 4. The number of Topliss-reactive ketones (excluding diaryl/α,β-unsaturated/α-hetero) is 1. The van der Waals surface area contributed by atoms with Crippen molar-refractivity contribution in [3.63, 3.8) is 0 Å². The second-order valence-electron chi connectivity index (χ2n) is 3.06. The first-order chi connectivity index (χ1) is 7.41. The van der Waals surface area contributed by atoms with Crippen molar-refractivity contribution in [2.24, 2.45) is 0 Å². The molecular weight excluding hydrogens is 302 g/mol. The predicted octanol–water partition coefficient (Wildman–Crippen LogP) is 2.90. The summed E-state index contributed by atoms with van der Waals surface area (Å²) in [4.78, 5) is 21.1. The molecule has 1 atom stereocenters. The fourth-order valence-electron chi connectivity index (χ4n) is 1.08. The molecule has 1 unspecified atom stereocenters. The van der Waals surface area contributed by atoms with E-state index in [0.29, 0.717) is 0 Å². The summed E-state index contributed by atoms with van der Waals surface area (Å²) >= 11 is 8.39. The van der Waals surface area contributed by atoms with Crippen LogP contribution in [0, 0.1) is 5.82 Å². The SMILES string of the molecule is O=C(O)CC(Br)C(=O)c1ccc(Cl)c(F)c1. The third-order valence-electron chi connectivity index (χ3n) is 1.84. The van der Waals surface area contributed by atoms with Gasteiger partial charge in [0.05, 0.1) is 16.3 Å². The van der Waals surface area contributed by atoms with Gasteiger partial charge in [0.25, 0.3) is 0 Å².